The molecule has 0 radical (unpaired) electrons. The first-order valence-electron chi connectivity index (χ1n) is 36.7. The van der Waals surface area contributed by atoms with Crippen molar-refractivity contribution in [3.63, 3.8) is 0 Å². The Labute approximate surface area is 620 Å². The van der Waals surface area contributed by atoms with Gasteiger partial charge in [-0.2, -0.15) is 0 Å². The van der Waals surface area contributed by atoms with Crippen molar-refractivity contribution in [1.29, 1.82) is 0 Å². The summed E-state index contributed by atoms with van der Waals surface area (Å²) in [4.78, 5) is 22.3. The summed E-state index contributed by atoms with van der Waals surface area (Å²) in [5.74, 6) is 0. The van der Waals surface area contributed by atoms with E-state index >= 15 is 0 Å². The Morgan fingerprint density at radius 3 is 0.670 bits per heavy atom. The number of rotatable bonds is 11. The fraction of sp³-hybridized carbons (Fsp3) is 0.0426. The van der Waals surface area contributed by atoms with Crippen molar-refractivity contribution in [2.75, 3.05) is 72.3 Å². The molecule has 15 aromatic rings. The van der Waals surface area contributed by atoms with E-state index in [1.54, 1.807) is 0 Å². The third-order valence-electron chi connectivity index (χ3n) is 23.1. The van der Waals surface area contributed by atoms with E-state index in [4.69, 9.17) is 0 Å². The smallest absolute Gasteiger partial charge is 0.252 e. The highest BCUT2D eigenvalue weighted by atomic mass is 15.2. The van der Waals surface area contributed by atoms with Crippen molar-refractivity contribution >= 4 is 200 Å². The molecule has 0 fully saturated rings. The molecule has 0 amide bonds. The third kappa shape index (κ3) is 9.26. The average Bonchev–Trinajstić information content (AvgIpc) is 0.687. The molecular weight excluding hydrogens is 1290 g/mol. The minimum absolute atomic E-state index is 0.124. The minimum atomic E-state index is -0.189. The molecule has 0 unspecified atom stereocenters. The molecule has 6 aliphatic heterocycles. The van der Waals surface area contributed by atoms with Crippen LogP contribution in [0.25, 0.3) is 0 Å². The Balaban J connectivity index is 0.820. The van der Waals surface area contributed by atoms with Crippen molar-refractivity contribution in [2.45, 2.75) is 0 Å². The molecule has 12 heteroatoms. The molecule has 0 spiro atoms. The maximum atomic E-state index is 2.65. The van der Waals surface area contributed by atoms with Gasteiger partial charge in [0.05, 0.1) is 17.1 Å². The number of nitrogens with zero attached hydrogens (tertiary/aromatic N) is 9. The average molecular weight is 1360 g/mol. The first kappa shape index (κ1) is 61.4. The number of anilines is 23. The van der Waals surface area contributed by atoms with Gasteiger partial charge in [0.1, 0.15) is 0 Å². The van der Waals surface area contributed by atoms with Gasteiger partial charge < -0.3 is 44.1 Å². The summed E-state index contributed by atoms with van der Waals surface area (Å²) in [6.07, 6.45) is 0. The van der Waals surface area contributed by atoms with Crippen LogP contribution in [-0.4, -0.2) is 48.3 Å². The summed E-state index contributed by atoms with van der Waals surface area (Å²) in [5.41, 5.74) is 37.6. The van der Waals surface area contributed by atoms with Gasteiger partial charge in [0.2, 0.25) is 0 Å². The van der Waals surface area contributed by atoms with Crippen LogP contribution in [-0.2, 0) is 0 Å². The van der Waals surface area contributed by atoms with Crippen LogP contribution >= 0.6 is 0 Å². The molecule has 0 saturated carbocycles. The number of hydrogen-bond acceptors (Lipinski definition) is 9. The molecule has 0 aliphatic carbocycles. The Kier molecular flexibility index (Phi) is 14.0. The lowest BCUT2D eigenvalue weighted by Crippen LogP contribution is -2.67. The summed E-state index contributed by atoms with van der Waals surface area (Å²) in [6, 6.07) is 131. The van der Waals surface area contributed by atoms with Crippen LogP contribution < -0.4 is 93.3 Å². The van der Waals surface area contributed by atoms with E-state index in [2.05, 4.69) is 424 Å². The van der Waals surface area contributed by atoms with Crippen LogP contribution in [0.15, 0.2) is 352 Å². The lowest BCUT2D eigenvalue weighted by Gasteiger charge is -2.47. The highest BCUT2D eigenvalue weighted by Gasteiger charge is 2.50. The molecule has 0 aromatic heterocycles. The zero-order valence-electron chi connectivity index (χ0n) is 59.2. The monoisotopic (exact) mass is 1360 g/mol. The van der Waals surface area contributed by atoms with Crippen LogP contribution in [0.1, 0.15) is 0 Å². The Morgan fingerprint density at radius 1 is 0.179 bits per heavy atom. The van der Waals surface area contributed by atoms with Crippen molar-refractivity contribution in [1.82, 2.24) is 0 Å². The third-order valence-corrected chi connectivity index (χ3v) is 23.1. The molecule has 500 valence electrons. The van der Waals surface area contributed by atoms with E-state index in [1.807, 2.05) is 0 Å². The van der Waals surface area contributed by atoms with Crippen LogP contribution in [0.4, 0.5) is 131 Å². The van der Waals surface area contributed by atoms with Gasteiger partial charge in [0.25, 0.3) is 20.1 Å². The minimum Gasteiger partial charge on any atom is -0.345 e. The highest BCUT2D eigenvalue weighted by molar-refractivity contribution is 7.04. The van der Waals surface area contributed by atoms with Crippen molar-refractivity contribution in [2.24, 2.45) is 0 Å². The normalized spacial score (nSPS) is 13.5. The quantitative estimate of drug-likeness (QED) is 0.118. The zero-order valence-corrected chi connectivity index (χ0v) is 59.2. The molecule has 9 nitrogen and oxygen atoms in total. The lowest BCUT2D eigenvalue weighted by molar-refractivity contribution is 1.15. The van der Waals surface area contributed by atoms with Crippen molar-refractivity contribution in [3.05, 3.63) is 352 Å². The van der Waals surface area contributed by atoms with E-state index < -0.39 is 0 Å². The maximum Gasteiger partial charge on any atom is 0.252 e. The molecule has 15 aromatic carbocycles. The van der Waals surface area contributed by atoms with Crippen LogP contribution in [0.3, 0.4) is 0 Å². The van der Waals surface area contributed by atoms with Crippen molar-refractivity contribution < 1.29 is 0 Å². The molecular formula is C94H70B3N9. The van der Waals surface area contributed by atoms with E-state index in [0.717, 1.165) is 73.9 Å². The Hall–Kier alpha value is -13.3. The molecule has 0 saturated heterocycles. The van der Waals surface area contributed by atoms with Crippen molar-refractivity contribution in [3.8, 4) is 0 Å². The second-order valence-corrected chi connectivity index (χ2v) is 28.6. The van der Waals surface area contributed by atoms with Crippen LogP contribution in [0.2, 0.25) is 0 Å². The first-order chi connectivity index (χ1) is 52.3. The SMILES string of the molecule is CN1c2cc3c(cc2B2c4cc5c(cc4N(C)c4cc(N(c6ccccc6)c6ccccc6)cc1c42)N(C)c1cc(N(c2ccccc2)c2ccccc2)cc2c1B5c1ccccc1N2c1ccccc1)B1c2ccccc2N(c2ccccc2)c2cc(N(c4ccccc4)c4ccccc4)cc(c21)N3C. The second-order valence-electron chi connectivity index (χ2n) is 28.6. The van der Waals surface area contributed by atoms with E-state index in [0.29, 0.717) is 0 Å². The molecule has 6 aliphatic rings. The molecule has 0 atom stereocenters. The highest BCUT2D eigenvalue weighted by Crippen LogP contribution is 2.51. The summed E-state index contributed by atoms with van der Waals surface area (Å²) in [5, 5.41) is 0. The van der Waals surface area contributed by atoms with E-state index in [9.17, 15) is 0 Å². The predicted molar refractivity (Wildman–Crippen MR) is 452 cm³/mol. The van der Waals surface area contributed by atoms with E-state index in [1.165, 1.54) is 106 Å². The van der Waals surface area contributed by atoms with Crippen LogP contribution in [0, 0.1) is 0 Å². The van der Waals surface area contributed by atoms with Gasteiger partial charge >= 0.3 is 0 Å². The topological polar surface area (TPSA) is 29.2 Å². The van der Waals surface area contributed by atoms with Gasteiger partial charge in [-0.1, -0.05) is 194 Å². The zero-order chi connectivity index (χ0) is 70.4. The maximum absolute atomic E-state index is 2.65. The summed E-state index contributed by atoms with van der Waals surface area (Å²) < 4.78 is 0. The van der Waals surface area contributed by atoms with Gasteiger partial charge in [-0.15, -0.1) is 0 Å². The fourth-order valence-corrected chi connectivity index (χ4v) is 18.5. The Morgan fingerprint density at radius 2 is 0.396 bits per heavy atom. The largest absolute Gasteiger partial charge is 0.345 e. The van der Waals surface area contributed by atoms with Gasteiger partial charge in [0.15, 0.2) is 0 Å². The van der Waals surface area contributed by atoms with Gasteiger partial charge in [-0.3, -0.25) is 0 Å². The van der Waals surface area contributed by atoms with Gasteiger partial charge in [-0.25, -0.2) is 0 Å². The standard InChI is InChI=1S/C94H70B3N9/c1-98-84-61-82-76(95-74-49-29-31-51-80(74)105(69-45-25-11-26-46-69)90-57-72(55-88(93(90)95)100(82)3)103(65-37-17-7-18-38-65)66-39-19-8-20-40-66)59-78(84)97-79-60-77-83(62-85(79)99(2)87-54-71(53-86(98)92(87)97)102(63-33-13-5-14-34-63)64-35-15-6-16-36-64)101(4)89-56-73(104(67-41-21-9-22-42-67)68-43-23-10-24-44-68)58-91-94(89)96(77)75-50-30-32-52-81(75)106(91)70-47-27-12-28-48-70/h5-62H,1-4H3. The second kappa shape index (κ2) is 24.2. The molecule has 6 heterocycles. The summed E-state index contributed by atoms with van der Waals surface area (Å²) >= 11 is 0. The van der Waals surface area contributed by atoms with E-state index in [-0.39, 0.29) is 20.1 Å². The number of fused-ring (bicyclic) bond motifs is 12. The lowest BCUT2D eigenvalue weighted by atomic mass is 9.29. The summed E-state index contributed by atoms with van der Waals surface area (Å²) in [7, 11) is 9.23. The first-order valence-corrected chi connectivity index (χ1v) is 36.7. The van der Waals surface area contributed by atoms with Crippen LogP contribution in [0.5, 0.6) is 0 Å². The van der Waals surface area contributed by atoms with Gasteiger partial charge in [0, 0.05) is 142 Å². The number of benzene rings is 15. The number of para-hydroxylation sites is 10. The Bertz CT molecular complexity index is 5540. The summed E-state index contributed by atoms with van der Waals surface area (Å²) in [6.45, 7) is -0.437. The molecule has 0 bridgehead atoms. The number of hydrogen-bond donors (Lipinski definition) is 0. The molecule has 106 heavy (non-hydrogen) atoms. The predicted octanol–water partition coefficient (Wildman–Crippen LogP) is 17.5. The fourth-order valence-electron chi connectivity index (χ4n) is 18.5. The van der Waals surface area contributed by atoms with Gasteiger partial charge in [-0.05, 0) is 207 Å². The molecule has 0 N–H and O–H groups in total. The molecule has 21 rings (SSSR count).